The van der Waals surface area contributed by atoms with Gasteiger partial charge in [-0.25, -0.2) is 0 Å². The fraction of sp³-hybridized carbons (Fsp3) is 0.143. The molecule has 5 heteroatoms. The van der Waals surface area contributed by atoms with E-state index in [4.69, 9.17) is 4.42 Å². The molecule has 2 aromatic carbocycles. The van der Waals surface area contributed by atoms with Crippen LogP contribution in [0.5, 0.6) is 0 Å². The first-order chi connectivity index (χ1) is 12.6. The normalized spacial score (nSPS) is 10.4. The molecule has 1 amide bonds. The number of aryl methyl sites for hydroxylation is 1. The van der Waals surface area contributed by atoms with E-state index in [0.29, 0.717) is 11.4 Å². The minimum absolute atomic E-state index is 0.151. The van der Waals surface area contributed by atoms with E-state index < -0.39 is 0 Å². The van der Waals surface area contributed by atoms with Crippen molar-refractivity contribution in [1.29, 1.82) is 0 Å². The lowest BCUT2D eigenvalue weighted by Gasteiger charge is -2.06. The minimum Gasteiger partial charge on any atom is -0.469 e. The molecule has 0 saturated carbocycles. The van der Waals surface area contributed by atoms with E-state index in [1.54, 1.807) is 36.4 Å². The summed E-state index contributed by atoms with van der Waals surface area (Å²) in [7, 11) is 1.34. The number of benzene rings is 2. The van der Waals surface area contributed by atoms with Gasteiger partial charge in [-0.2, -0.15) is 0 Å². The Labute approximate surface area is 151 Å². The molecular weight excluding hydrogens is 330 g/mol. The van der Waals surface area contributed by atoms with Crippen molar-refractivity contribution in [1.82, 2.24) is 0 Å². The molecule has 0 aliphatic rings. The summed E-state index contributed by atoms with van der Waals surface area (Å²) in [6.45, 7) is 1.99. The Morgan fingerprint density at radius 1 is 1.04 bits per heavy atom. The van der Waals surface area contributed by atoms with Crippen molar-refractivity contribution in [2.24, 2.45) is 0 Å². The molecule has 0 radical (unpaired) electrons. The van der Waals surface area contributed by atoms with E-state index in [1.807, 2.05) is 31.2 Å². The van der Waals surface area contributed by atoms with Crippen LogP contribution in [0.1, 0.15) is 21.7 Å². The van der Waals surface area contributed by atoms with Gasteiger partial charge in [0.15, 0.2) is 5.76 Å². The molecule has 132 valence electrons. The van der Waals surface area contributed by atoms with Crippen LogP contribution in [0.3, 0.4) is 0 Å². The summed E-state index contributed by atoms with van der Waals surface area (Å²) < 4.78 is 10.4. The van der Waals surface area contributed by atoms with Crippen LogP contribution in [0, 0.1) is 6.92 Å². The molecule has 0 fully saturated rings. The van der Waals surface area contributed by atoms with E-state index in [-0.39, 0.29) is 24.1 Å². The molecule has 0 saturated heterocycles. The number of methoxy groups -OCH3 is 1. The molecule has 26 heavy (non-hydrogen) atoms. The van der Waals surface area contributed by atoms with Crippen LogP contribution in [0.2, 0.25) is 0 Å². The van der Waals surface area contributed by atoms with Crippen molar-refractivity contribution in [3.63, 3.8) is 0 Å². The van der Waals surface area contributed by atoms with E-state index in [2.05, 4.69) is 10.1 Å². The number of carbonyl (C=O) groups excluding carboxylic acids is 2. The highest BCUT2D eigenvalue weighted by Gasteiger charge is 2.14. The molecule has 1 aromatic heterocycles. The van der Waals surface area contributed by atoms with Gasteiger partial charge in [0, 0.05) is 11.3 Å². The molecule has 3 rings (SSSR count). The summed E-state index contributed by atoms with van der Waals surface area (Å²) in [5, 5.41) is 2.78. The zero-order chi connectivity index (χ0) is 18.5. The van der Waals surface area contributed by atoms with Crippen molar-refractivity contribution in [2.75, 3.05) is 12.4 Å². The third kappa shape index (κ3) is 4.00. The van der Waals surface area contributed by atoms with Crippen molar-refractivity contribution in [2.45, 2.75) is 13.3 Å². The van der Waals surface area contributed by atoms with E-state index >= 15 is 0 Å². The van der Waals surface area contributed by atoms with Crippen LogP contribution in [-0.4, -0.2) is 19.0 Å². The Balaban J connectivity index is 1.74. The average molecular weight is 349 g/mol. The molecule has 1 heterocycles. The topological polar surface area (TPSA) is 68.5 Å². The Hall–Kier alpha value is -3.34. The van der Waals surface area contributed by atoms with Gasteiger partial charge in [-0.05, 0) is 42.3 Å². The van der Waals surface area contributed by atoms with Gasteiger partial charge in [0.25, 0.3) is 5.91 Å². The summed E-state index contributed by atoms with van der Waals surface area (Å²) >= 11 is 0. The first-order valence-corrected chi connectivity index (χ1v) is 8.20. The predicted molar refractivity (Wildman–Crippen MR) is 99.0 cm³/mol. The Morgan fingerprint density at radius 2 is 1.85 bits per heavy atom. The third-order valence-electron chi connectivity index (χ3n) is 4.00. The van der Waals surface area contributed by atoms with Gasteiger partial charge in [-0.3, -0.25) is 9.59 Å². The van der Waals surface area contributed by atoms with E-state index in [0.717, 1.165) is 16.7 Å². The Kier molecular flexibility index (Phi) is 5.17. The lowest BCUT2D eigenvalue weighted by atomic mass is 10.1. The number of hydrogen-bond acceptors (Lipinski definition) is 4. The second-order valence-corrected chi connectivity index (χ2v) is 5.89. The highest BCUT2D eigenvalue weighted by Crippen LogP contribution is 2.25. The van der Waals surface area contributed by atoms with E-state index in [9.17, 15) is 9.59 Å². The number of anilines is 1. The first-order valence-electron chi connectivity index (χ1n) is 8.20. The second kappa shape index (κ2) is 7.70. The van der Waals surface area contributed by atoms with Crippen LogP contribution < -0.4 is 5.32 Å². The molecule has 0 spiro atoms. The van der Waals surface area contributed by atoms with Crippen LogP contribution in [0.25, 0.3) is 11.3 Å². The smallest absolute Gasteiger partial charge is 0.309 e. The number of carbonyl (C=O) groups is 2. The number of amides is 1. The van der Waals surface area contributed by atoms with Gasteiger partial charge in [0.2, 0.25) is 0 Å². The molecular formula is C21H19NO4. The highest BCUT2D eigenvalue weighted by molar-refractivity contribution is 6.02. The SMILES string of the molecule is COC(=O)Cc1cccc(NC(=O)c2ccc(-c3ccccc3C)o2)c1. The summed E-state index contributed by atoms with van der Waals surface area (Å²) in [5.41, 5.74) is 3.37. The molecule has 0 atom stereocenters. The van der Waals surface area contributed by atoms with Gasteiger partial charge < -0.3 is 14.5 Å². The fourth-order valence-electron chi connectivity index (χ4n) is 2.64. The standard InChI is InChI=1S/C21H19NO4/c1-14-6-3-4-9-17(14)18-10-11-19(26-18)21(24)22-16-8-5-7-15(12-16)13-20(23)25-2/h3-12H,13H2,1-2H3,(H,22,24). The quantitative estimate of drug-likeness (QED) is 0.700. The molecule has 3 aromatic rings. The largest absolute Gasteiger partial charge is 0.469 e. The van der Waals surface area contributed by atoms with Gasteiger partial charge in [0.1, 0.15) is 5.76 Å². The zero-order valence-electron chi connectivity index (χ0n) is 14.6. The predicted octanol–water partition coefficient (Wildman–Crippen LogP) is 4.22. The van der Waals surface area contributed by atoms with Crippen LogP contribution in [0.4, 0.5) is 5.69 Å². The summed E-state index contributed by atoms with van der Waals surface area (Å²) in [5.74, 6) is 0.191. The van der Waals surface area contributed by atoms with E-state index in [1.165, 1.54) is 7.11 Å². The van der Waals surface area contributed by atoms with Gasteiger partial charge in [-0.1, -0.05) is 36.4 Å². The number of rotatable bonds is 5. The van der Waals surface area contributed by atoms with Gasteiger partial charge >= 0.3 is 5.97 Å². The number of ether oxygens (including phenoxy) is 1. The number of furan rings is 1. The maximum Gasteiger partial charge on any atom is 0.309 e. The Bertz CT molecular complexity index is 942. The average Bonchev–Trinajstić information content (AvgIpc) is 3.12. The fourth-order valence-corrected chi connectivity index (χ4v) is 2.64. The van der Waals surface area contributed by atoms with Crippen LogP contribution in [-0.2, 0) is 16.0 Å². The van der Waals surface area contributed by atoms with Crippen molar-refractivity contribution >= 4 is 17.6 Å². The monoisotopic (exact) mass is 349 g/mol. The van der Waals surface area contributed by atoms with Crippen LogP contribution >= 0.6 is 0 Å². The number of esters is 1. The number of hydrogen-bond donors (Lipinski definition) is 1. The van der Waals surface area contributed by atoms with Gasteiger partial charge in [0.05, 0.1) is 13.5 Å². The maximum absolute atomic E-state index is 12.4. The zero-order valence-corrected chi connectivity index (χ0v) is 14.6. The molecule has 0 aliphatic carbocycles. The highest BCUT2D eigenvalue weighted by atomic mass is 16.5. The third-order valence-corrected chi connectivity index (χ3v) is 4.00. The van der Waals surface area contributed by atoms with Crippen molar-refractivity contribution < 1.29 is 18.7 Å². The Morgan fingerprint density at radius 3 is 2.62 bits per heavy atom. The molecule has 0 unspecified atom stereocenters. The summed E-state index contributed by atoms with van der Waals surface area (Å²) in [6, 6.07) is 18.3. The van der Waals surface area contributed by atoms with Crippen molar-refractivity contribution in [3.8, 4) is 11.3 Å². The molecule has 5 nitrogen and oxygen atoms in total. The summed E-state index contributed by atoms with van der Waals surface area (Å²) in [6.07, 6.45) is 0.151. The molecule has 1 N–H and O–H groups in total. The first kappa shape index (κ1) is 17.5. The maximum atomic E-state index is 12.4. The second-order valence-electron chi connectivity index (χ2n) is 5.89. The van der Waals surface area contributed by atoms with Crippen LogP contribution in [0.15, 0.2) is 65.1 Å². The number of nitrogens with one attached hydrogen (secondary N) is 1. The molecule has 0 aliphatic heterocycles. The summed E-state index contributed by atoms with van der Waals surface area (Å²) in [4.78, 5) is 23.8. The lowest BCUT2D eigenvalue weighted by Crippen LogP contribution is -2.11. The molecule has 0 bridgehead atoms. The van der Waals surface area contributed by atoms with Crippen molar-refractivity contribution in [3.05, 3.63) is 77.6 Å². The lowest BCUT2D eigenvalue weighted by molar-refractivity contribution is -0.139. The minimum atomic E-state index is -0.347. The van der Waals surface area contributed by atoms with Gasteiger partial charge in [-0.15, -0.1) is 0 Å².